The van der Waals surface area contributed by atoms with Crippen molar-refractivity contribution < 1.29 is 38.9 Å². The lowest BCUT2D eigenvalue weighted by atomic mass is 9.62. The number of nitrogens with zero attached hydrogens (tertiary/aromatic N) is 1. The van der Waals surface area contributed by atoms with Gasteiger partial charge in [-0.15, -0.1) is 0 Å². The maximum absolute atomic E-state index is 14.1. The van der Waals surface area contributed by atoms with Crippen LogP contribution in [0.5, 0.6) is 5.75 Å². The average molecular weight is 663 g/mol. The van der Waals surface area contributed by atoms with Gasteiger partial charge in [-0.05, 0) is 42.0 Å². The highest BCUT2D eigenvalue weighted by Gasteiger charge is 2.76. The number of rotatable bonds is 16. The van der Waals surface area contributed by atoms with Gasteiger partial charge < -0.3 is 29.7 Å². The summed E-state index contributed by atoms with van der Waals surface area (Å²) in [4.78, 5) is 34.6. The molecule has 2 unspecified atom stereocenters. The zero-order chi connectivity index (χ0) is 33.7. The number of fused-ring (bicyclic) bond motifs is 4. The van der Waals surface area contributed by atoms with E-state index in [9.17, 15) is 19.8 Å². The first-order valence-electron chi connectivity index (χ1n) is 17.7. The molecule has 1 saturated carbocycles. The number of hydrogen-bond acceptors (Lipinski definition) is 9. The van der Waals surface area contributed by atoms with E-state index in [-0.39, 0.29) is 37.8 Å². The fourth-order valence-electron chi connectivity index (χ4n) is 7.95. The highest BCUT2D eigenvalue weighted by atomic mass is 16.8. The van der Waals surface area contributed by atoms with E-state index in [0.29, 0.717) is 6.42 Å². The summed E-state index contributed by atoms with van der Waals surface area (Å²) in [6.45, 7) is 4.45. The van der Waals surface area contributed by atoms with E-state index < -0.39 is 47.6 Å². The Morgan fingerprint density at radius 1 is 1.00 bits per heavy atom. The molecule has 3 saturated heterocycles. The number of phenolic OH excluding ortho intramolecular Hbond substituents is 1. The van der Waals surface area contributed by atoms with E-state index in [1.165, 1.54) is 0 Å². The minimum Gasteiger partial charge on any atom is -0.508 e. The van der Waals surface area contributed by atoms with Crippen molar-refractivity contribution in [3.05, 3.63) is 71.3 Å². The predicted octanol–water partition coefficient (Wildman–Crippen LogP) is 5.20. The van der Waals surface area contributed by atoms with Crippen molar-refractivity contribution in [2.24, 2.45) is 5.41 Å². The highest BCUT2D eigenvalue weighted by molar-refractivity contribution is 5.93. The minimum atomic E-state index is -1.26. The molecule has 2 bridgehead atoms. The van der Waals surface area contributed by atoms with Gasteiger partial charge in [0.05, 0.1) is 13.2 Å². The molecule has 6 atom stereocenters. The average Bonchev–Trinajstić information content (AvgIpc) is 3.64. The largest absolute Gasteiger partial charge is 0.508 e. The van der Waals surface area contributed by atoms with E-state index in [2.05, 4.69) is 19.2 Å². The molecule has 2 aromatic rings. The molecule has 2 aromatic carbocycles. The maximum atomic E-state index is 14.1. The van der Waals surface area contributed by atoms with Crippen LogP contribution in [0, 0.1) is 5.41 Å². The number of carbonyl (C=O) groups is 2. The summed E-state index contributed by atoms with van der Waals surface area (Å²) < 4.78 is 19.8. The lowest BCUT2D eigenvalue weighted by Crippen LogP contribution is -2.69. The maximum Gasteiger partial charge on any atom is 0.327 e. The number of para-hydroxylation sites is 1. The molecule has 6 rings (SSSR count). The Morgan fingerprint density at radius 3 is 2.40 bits per heavy atom. The zero-order valence-corrected chi connectivity index (χ0v) is 28.1. The van der Waals surface area contributed by atoms with Crippen molar-refractivity contribution in [3.63, 3.8) is 0 Å². The molecule has 3 aliphatic heterocycles. The van der Waals surface area contributed by atoms with Crippen LogP contribution in [-0.2, 0) is 41.6 Å². The zero-order valence-electron chi connectivity index (χ0n) is 28.1. The molecule has 260 valence electrons. The second-order valence-electron chi connectivity index (χ2n) is 13.7. The summed E-state index contributed by atoms with van der Waals surface area (Å²) in [5.41, 5.74) is 1.50. The lowest BCUT2D eigenvalue weighted by Gasteiger charge is -2.48. The third-order valence-corrected chi connectivity index (χ3v) is 10.4. The van der Waals surface area contributed by atoms with E-state index in [1.807, 2.05) is 48.6 Å². The SMILES string of the molecule is CCCCCC1(CCCCC)O[C@@H]2[C@H]3ON(Cc4ccc(C=CCc5ccccc5O)cc4)[C@H]4C(=O)OC(CC34C(=O)NCCO)[C@@H]2O1. The molecule has 0 aromatic heterocycles. The van der Waals surface area contributed by atoms with Crippen LogP contribution in [0.4, 0.5) is 0 Å². The van der Waals surface area contributed by atoms with Crippen LogP contribution in [0.15, 0.2) is 54.6 Å². The van der Waals surface area contributed by atoms with Crippen LogP contribution in [0.25, 0.3) is 6.08 Å². The summed E-state index contributed by atoms with van der Waals surface area (Å²) in [5, 5.41) is 24.0. The van der Waals surface area contributed by atoms with E-state index >= 15 is 0 Å². The second-order valence-corrected chi connectivity index (χ2v) is 13.7. The number of hydroxylamine groups is 2. The normalized spacial score (nSPS) is 28.8. The number of ether oxygens (including phenoxy) is 3. The Kier molecular flexibility index (Phi) is 10.9. The van der Waals surface area contributed by atoms with E-state index in [1.54, 1.807) is 17.2 Å². The fourth-order valence-corrected chi connectivity index (χ4v) is 7.95. The van der Waals surface area contributed by atoms with Crippen LogP contribution in [0.1, 0.15) is 88.3 Å². The molecule has 10 nitrogen and oxygen atoms in total. The molecule has 3 heterocycles. The molecule has 0 radical (unpaired) electrons. The fraction of sp³-hybridized carbons (Fsp3) is 0.579. The Morgan fingerprint density at radius 2 is 1.71 bits per heavy atom. The van der Waals surface area contributed by atoms with Crippen molar-refractivity contribution in [1.29, 1.82) is 0 Å². The number of phenols is 1. The molecule has 4 fully saturated rings. The summed E-state index contributed by atoms with van der Waals surface area (Å²) >= 11 is 0. The van der Waals surface area contributed by atoms with Crippen molar-refractivity contribution in [2.45, 2.75) is 121 Å². The van der Waals surface area contributed by atoms with Crippen molar-refractivity contribution in [1.82, 2.24) is 10.4 Å². The predicted molar refractivity (Wildman–Crippen MR) is 179 cm³/mol. The first-order valence-corrected chi connectivity index (χ1v) is 17.7. The number of unbranched alkanes of at least 4 members (excludes halogenated alkanes) is 4. The highest BCUT2D eigenvalue weighted by Crippen LogP contribution is 2.58. The molecule has 3 N–H and O–H groups in total. The lowest BCUT2D eigenvalue weighted by molar-refractivity contribution is -0.224. The minimum absolute atomic E-state index is 0.0715. The first kappa shape index (κ1) is 34.6. The van der Waals surface area contributed by atoms with Gasteiger partial charge in [-0.25, -0.2) is 0 Å². The number of esters is 1. The van der Waals surface area contributed by atoms with Crippen LogP contribution < -0.4 is 5.32 Å². The number of aromatic hydroxyl groups is 1. The van der Waals surface area contributed by atoms with Crippen LogP contribution in [0.3, 0.4) is 0 Å². The molecular formula is C38H50N2O8. The standard InChI is InChI=1S/C38H50N2O8/c1-3-5-9-20-37(21-10-6-4-2)46-31-30-24-38(36(44)39-22-23-41)33(35(43)45-30)40(48-34(38)32(31)47-37)25-27-18-16-26(17-19-27)12-11-14-28-13-7-8-15-29(28)42/h7-8,11-13,15-19,30-34,41-42H,3-6,9-10,14,20-25H2,1-2H3,(H,39,44)/t30?,31-,32-,33-,34+,38?/m0/s1. The monoisotopic (exact) mass is 662 g/mol. The molecule has 48 heavy (non-hydrogen) atoms. The third kappa shape index (κ3) is 6.78. The first-order chi connectivity index (χ1) is 23.3. The van der Waals surface area contributed by atoms with Crippen molar-refractivity contribution in [3.8, 4) is 5.75 Å². The van der Waals surface area contributed by atoms with Gasteiger partial charge in [0.2, 0.25) is 5.91 Å². The van der Waals surface area contributed by atoms with E-state index in [0.717, 1.165) is 68.1 Å². The van der Waals surface area contributed by atoms with Gasteiger partial charge >= 0.3 is 5.97 Å². The summed E-state index contributed by atoms with van der Waals surface area (Å²) in [5.74, 6) is -1.38. The topological polar surface area (TPSA) is 127 Å². The summed E-state index contributed by atoms with van der Waals surface area (Å²) in [6, 6.07) is 14.2. The smallest absolute Gasteiger partial charge is 0.327 e. The number of nitrogens with one attached hydrogen (secondary N) is 1. The molecule has 1 aliphatic carbocycles. The summed E-state index contributed by atoms with van der Waals surface area (Å²) in [7, 11) is 0. The number of amides is 1. The van der Waals surface area contributed by atoms with Crippen LogP contribution >= 0.6 is 0 Å². The third-order valence-electron chi connectivity index (χ3n) is 10.4. The Bertz CT molecular complexity index is 1440. The van der Waals surface area contributed by atoms with Crippen molar-refractivity contribution >= 4 is 18.0 Å². The van der Waals surface area contributed by atoms with Gasteiger partial charge in [-0.3, -0.25) is 14.4 Å². The Balaban J connectivity index is 1.24. The van der Waals surface area contributed by atoms with E-state index in [4.69, 9.17) is 19.0 Å². The molecule has 10 heteroatoms. The summed E-state index contributed by atoms with van der Waals surface area (Å²) in [6.07, 6.45) is 9.98. The number of carbonyl (C=O) groups excluding carboxylic acids is 2. The van der Waals surface area contributed by atoms with Gasteiger partial charge in [-0.2, -0.15) is 5.06 Å². The Hall–Kier alpha value is -3.28. The van der Waals surface area contributed by atoms with Gasteiger partial charge in [0.15, 0.2) is 11.8 Å². The molecular weight excluding hydrogens is 612 g/mol. The number of allylic oxidation sites excluding steroid dienone is 1. The van der Waals surface area contributed by atoms with Gasteiger partial charge in [0.25, 0.3) is 0 Å². The van der Waals surface area contributed by atoms with Crippen LogP contribution in [-0.4, -0.2) is 76.5 Å². The molecule has 0 spiro atoms. The second kappa shape index (κ2) is 15.1. The van der Waals surface area contributed by atoms with Crippen molar-refractivity contribution in [2.75, 3.05) is 13.2 Å². The number of aliphatic hydroxyl groups is 1. The van der Waals surface area contributed by atoms with Gasteiger partial charge in [-0.1, -0.05) is 94.1 Å². The van der Waals surface area contributed by atoms with Gasteiger partial charge in [0.1, 0.15) is 35.6 Å². The number of hydrogen-bond donors (Lipinski definition) is 3. The van der Waals surface area contributed by atoms with Crippen LogP contribution in [0.2, 0.25) is 0 Å². The molecule has 1 amide bonds. The Labute approximate surface area is 283 Å². The quantitative estimate of drug-likeness (QED) is 0.164. The number of benzene rings is 2. The van der Waals surface area contributed by atoms with Gasteiger partial charge in [0, 0.05) is 25.8 Å². The number of aliphatic hydroxyl groups excluding tert-OH is 1. The molecule has 4 aliphatic rings.